The highest BCUT2D eigenvalue weighted by atomic mass is 16.4. The van der Waals surface area contributed by atoms with E-state index in [2.05, 4.69) is 9.97 Å². The van der Waals surface area contributed by atoms with Crippen molar-refractivity contribution < 1.29 is 19.8 Å². The molecule has 1 atom stereocenters. The molecule has 1 unspecified atom stereocenters. The molecule has 5 N–H and O–H groups in total. The Balaban J connectivity index is 2.60. The Bertz CT molecular complexity index is 374. The highest BCUT2D eigenvalue weighted by Gasteiger charge is 2.14. The molecular formula is C8H11N3O4. The number of aromatic nitrogens is 2. The van der Waals surface area contributed by atoms with Crippen LogP contribution in [-0.4, -0.2) is 38.2 Å². The molecule has 15 heavy (non-hydrogen) atoms. The van der Waals surface area contributed by atoms with E-state index >= 15 is 0 Å². The number of carbonyl (C=O) groups is 2. The van der Waals surface area contributed by atoms with Crippen LogP contribution in [-0.2, 0) is 22.4 Å². The summed E-state index contributed by atoms with van der Waals surface area (Å²) in [6, 6.07) is -1.01. The van der Waals surface area contributed by atoms with Crippen LogP contribution in [0.1, 0.15) is 11.5 Å². The Kier molecular flexibility index (Phi) is 3.40. The van der Waals surface area contributed by atoms with E-state index in [-0.39, 0.29) is 18.7 Å². The summed E-state index contributed by atoms with van der Waals surface area (Å²) >= 11 is 0. The number of hydrogen-bond donors (Lipinski definition) is 4. The van der Waals surface area contributed by atoms with Gasteiger partial charge in [0.05, 0.1) is 0 Å². The van der Waals surface area contributed by atoms with Crippen LogP contribution < -0.4 is 5.73 Å². The van der Waals surface area contributed by atoms with Crippen molar-refractivity contribution in [1.82, 2.24) is 9.97 Å². The van der Waals surface area contributed by atoms with Gasteiger partial charge < -0.3 is 20.9 Å². The second kappa shape index (κ2) is 4.56. The fourth-order valence-electron chi connectivity index (χ4n) is 1.07. The maximum Gasteiger partial charge on any atom is 0.320 e. The lowest BCUT2D eigenvalue weighted by Gasteiger charge is -2.02. The number of nitrogens with one attached hydrogen (secondary N) is 1. The maximum atomic E-state index is 10.4. The molecule has 0 amide bonds. The van der Waals surface area contributed by atoms with Crippen molar-refractivity contribution in [3.05, 3.63) is 17.7 Å². The average molecular weight is 213 g/mol. The molecule has 0 saturated heterocycles. The molecule has 7 nitrogen and oxygen atoms in total. The molecule has 1 rings (SSSR count). The number of aliphatic carboxylic acids is 2. The van der Waals surface area contributed by atoms with Crippen molar-refractivity contribution in [2.24, 2.45) is 5.73 Å². The van der Waals surface area contributed by atoms with Crippen LogP contribution in [0.15, 0.2) is 6.20 Å². The minimum absolute atomic E-state index is 0.0992. The average Bonchev–Trinajstić information content (AvgIpc) is 2.51. The Morgan fingerprint density at radius 2 is 2.20 bits per heavy atom. The number of rotatable bonds is 5. The zero-order valence-electron chi connectivity index (χ0n) is 7.80. The highest BCUT2D eigenvalue weighted by Crippen LogP contribution is 2.01. The van der Waals surface area contributed by atoms with Gasteiger partial charge in [-0.3, -0.25) is 9.59 Å². The summed E-state index contributed by atoms with van der Waals surface area (Å²) in [5, 5.41) is 17.0. The summed E-state index contributed by atoms with van der Waals surface area (Å²) in [5.41, 5.74) is 5.81. The van der Waals surface area contributed by atoms with E-state index in [1.54, 1.807) is 0 Å². The van der Waals surface area contributed by atoms with Crippen LogP contribution in [0.3, 0.4) is 0 Å². The first-order chi connectivity index (χ1) is 6.99. The molecule has 0 aromatic carbocycles. The third-order valence-electron chi connectivity index (χ3n) is 1.76. The maximum absolute atomic E-state index is 10.4. The Labute approximate surface area is 84.9 Å². The zero-order valence-corrected chi connectivity index (χ0v) is 7.80. The lowest BCUT2D eigenvalue weighted by atomic mass is 10.2. The van der Waals surface area contributed by atoms with E-state index in [4.69, 9.17) is 15.9 Å². The van der Waals surface area contributed by atoms with Crippen molar-refractivity contribution in [1.29, 1.82) is 0 Å². The summed E-state index contributed by atoms with van der Waals surface area (Å²) in [4.78, 5) is 27.2. The third kappa shape index (κ3) is 3.39. The molecule has 1 heterocycles. The second-order valence-corrected chi connectivity index (χ2v) is 3.07. The third-order valence-corrected chi connectivity index (χ3v) is 1.76. The van der Waals surface area contributed by atoms with Crippen molar-refractivity contribution >= 4 is 11.9 Å². The molecule has 1 aromatic rings. The SMILES string of the molecule is NC(Cc1cnc(CC(=O)O)[nH]1)C(=O)O. The molecule has 82 valence electrons. The minimum atomic E-state index is -1.11. The first-order valence-electron chi connectivity index (χ1n) is 4.22. The van der Waals surface area contributed by atoms with E-state index in [1.807, 2.05) is 0 Å². The van der Waals surface area contributed by atoms with Gasteiger partial charge in [-0.15, -0.1) is 0 Å². The molecule has 0 bridgehead atoms. The standard InChI is InChI=1S/C8H11N3O4/c9-5(8(14)15)1-4-3-10-6(11-4)2-7(12)13/h3,5H,1-2,9H2,(H,10,11)(H,12,13)(H,14,15). The summed E-state index contributed by atoms with van der Waals surface area (Å²) < 4.78 is 0. The fourth-order valence-corrected chi connectivity index (χ4v) is 1.07. The van der Waals surface area contributed by atoms with Crippen LogP contribution in [0.25, 0.3) is 0 Å². The smallest absolute Gasteiger partial charge is 0.320 e. The number of nitrogens with two attached hydrogens (primary N) is 1. The summed E-state index contributed by atoms with van der Waals surface area (Å²) in [5.74, 6) is -1.82. The van der Waals surface area contributed by atoms with Crippen molar-refractivity contribution in [3.63, 3.8) is 0 Å². The first-order valence-corrected chi connectivity index (χ1v) is 4.22. The summed E-state index contributed by atoms with van der Waals surface area (Å²) in [7, 11) is 0. The van der Waals surface area contributed by atoms with Crippen molar-refractivity contribution in [2.45, 2.75) is 18.9 Å². The van der Waals surface area contributed by atoms with Crippen LogP contribution >= 0.6 is 0 Å². The van der Waals surface area contributed by atoms with Gasteiger partial charge in [0.1, 0.15) is 18.3 Å². The van der Waals surface area contributed by atoms with Crippen molar-refractivity contribution in [2.75, 3.05) is 0 Å². The number of carboxylic acid groups (broad SMARTS) is 2. The van der Waals surface area contributed by atoms with E-state index in [0.29, 0.717) is 5.69 Å². The number of hydrogen-bond acceptors (Lipinski definition) is 4. The van der Waals surface area contributed by atoms with Crippen LogP contribution in [0.2, 0.25) is 0 Å². The fraction of sp³-hybridized carbons (Fsp3) is 0.375. The minimum Gasteiger partial charge on any atom is -0.481 e. The van der Waals surface area contributed by atoms with Gasteiger partial charge in [-0.05, 0) is 0 Å². The molecule has 0 fully saturated rings. The molecule has 0 saturated carbocycles. The van der Waals surface area contributed by atoms with Gasteiger partial charge in [0.25, 0.3) is 0 Å². The number of nitrogens with zero attached hydrogens (tertiary/aromatic N) is 1. The number of imidazole rings is 1. The first kappa shape index (κ1) is 11.2. The Morgan fingerprint density at radius 1 is 1.53 bits per heavy atom. The summed E-state index contributed by atoms with van der Waals surface area (Å²) in [6.07, 6.45) is 1.27. The quantitative estimate of drug-likeness (QED) is 0.496. The monoisotopic (exact) mass is 213 g/mol. The zero-order chi connectivity index (χ0) is 11.4. The molecule has 0 aliphatic heterocycles. The largest absolute Gasteiger partial charge is 0.481 e. The molecular weight excluding hydrogens is 202 g/mol. The molecule has 7 heteroatoms. The molecule has 0 radical (unpaired) electrons. The van der Waals surface area contributed by atoms with E-state index in [0.717, 1.165) is 0 Å². The van der Waals surface area contributed by atoms with E-state index in [1.165, 1.54) is 6.20 Å². The Hall–Kier alpha value is -1.89. The lowest BCUT2D eigenvalue weighted by Crippen LogP contribution is -2.32. The molecule has 0 aliphatic carbocycles. The van der Waals surface area contributed by atoms with Crippen molar-refractivity contribution in [3.8, 4) is 0 Å². The number of aromatic amines is 1. The van der Waals surface area contributed by atoms with Crippen LogP contribution in [0, 0.1) is 0 Å². The van der Waals surface area contributed by atoms with Gasteiger partial charge >= 0.3 is 11.9 Å². The van der Waals surface area contributed by atoms with Gasteiger partial charge in [0, 0.05) is 18.3 Å². The van der Waals surface area contributed by atoms with E-state index in [9.17, 15) is 9.59 Å². The van der Waals surface area contributed by atoms with E-state index < -0.39 is 18.0 Å². The van der Waals surface area contributed by atoms with Gasteiger partial charge in [0.15, 0.2) is 0 Å². The highest BCUT2D eigenvalue weighted by molar-refractivity contribution is 5.73. The lowest BCUT2D eigenvalue weighted by molar-refractivity contribution is -0.138. The normalized spacial score (nSPS) is 12.3. The molecule has 0 aliphatic rings. The van der Waals surface area contributed by atoms with Gasteiger partial charge in [-0.1, -0.05) is 0 Å². The molecule has 0 spiro atoms. The van der Waals surface area contributed by atoms with Gasteiger partial charge in [-0.2, -0.15) is 0 Å². The topological polar surface area (TPSA) is 129 Å². The van der Waals surface area contributed by atoms with Crippen LogP contribution in [0.5, 0.6) is 0 Å². The van der Waals surface area contributed by atoms with Gasteiger partial charge in [0.2, 0.25) is 0 Å². The Morgan fingerprint density at radius 3 is 2.73 bits per heavy atom. The van der Waals surface area contributed by atoms with Crippen LogP contribution in [0.4, 0.5) is 0 Å². The predicted molar refractivity (Wildman–Crippen MR) is 49.2 cm³/mol. The number of carboxylic acids is 2. The predicted octanol–water partition coefficient (Wildman–Crippen LogP) is -1.01. The second-order valence-electron chi connectivity index (χ2n) is 3.07. The molecule has 1 aromatic heterocycles. The number of H-pyrrole nitrogens is 1. The van der Waals surface area contributed by atoms with Gasteiger partial charge in [-0.25, -0.2) is 4.98 Å². The summed E-state index contributed by atoms with van der Waals surface area (Å²) in [6.45, 7) is 0.